The van der Waals surface area contributed by atoms with Crippen molar-refractivity contribution in [3.63, 3.8) is 0 Å². The van der Waals surface area contributed by atoms with E-state index in [4.69, 9.17) is 9.36 Å². The number of nitrogens with zero attached hydrogens (tertiary/aromatic N) is 3. The summed E-state index contributed by atoms with van der Waals surface area (Å²) in [6.07, 6.45) is 1.67. The zero-order valence-electron chi connectivity index (χ0n) is 13.0. The Morgan fingerprint density at radius 2 is 2.09 bits per heavy atom. The molecule has 0 amide bonds. The first-order valence-electron chi connectivity index (χ1n) is 7.34. The molecule has 6 heteroatoms. The van der Waals surface area contributed by atoms with Gasteiger partial charge >= 0.3 is 0 Å². The summed E-state index contributed by atoms with van der Waals surface area (Å²) in [6.45, 7) is 4.49. The van der Waals surface area contributed by atoms with Gasteiger partial charge in [0.1, 0.15) is 0 Å². The molecular formula is C17H17N3O2S. The van der Waals surface area contributed by atoms with E-state index < -0.39 is 0 Å². The number of benzene rings is 1. The highest BCUT2D eigenvalue weighted by Gasteiger charge is 2.09. The van der Waals surface area contributed by atoms with Crippen molar-refractivity contribution < 1.29 is 9.36 Å². The first-order chi connectivity index (χ1) is 11.2. The summed E-state index contributed by atoms with van der Waals surface area (Å²) in [5, 5.41) is 9.82. The van der Waals surface area contributed by atoms with Gasteiger partial charge in [0.25, 0.3) is 5.89 Å². The fourth-order valence-electron chi connectivity index (χ4n) is 1.98. The number of oxime groups is 1. The Morgan fingerprint density at radius 3 is 2.78 bits per heavy atom. The van der Waals surface area contributed by atoms with Gasteiger partial charge in [-0.3, -0.25) is 0 Å². The number of hydrogen-bond acceptors (Lipinski definition) is 6. The monoisotopic (exact) mass is 327 g/mol. The molecule has 0 saturated heterocycles. The summed E-state index contributed by atoms with van der Waals surface area (Å²) in [6, 6.07) is 12.1. The van der Waals surface area contributed by atoms with Crippen molar-refractivity contribution in [1.29, 1.82) is 0 Å². The van der Waals surface area contributed by atoms with Gasteiger partial charge in [-0.1, -0.05) is 54.5 Å². The Morgan fingerprint density at radius 1 is 1.26 bits per heavy atom. The van der Waals surface area contributed by atoms with Gasteiger partial charge in [0.05, 0.1) is 11.1 Å². The van der Waals surface area contributed by atoms with Crippen molar-refractivity contribution in [2.45, 2.75) is 26.4 Å². The van der Waals surface area contributed by atoms with Crippen LogP contribution >= 0.6 is 11.3 Å². The second-order valence-corrected chi connectivity index (χ2v) is 6.27. The molecule has 3 rings (SSSR count). The molecular weight excluding hydrogens is 310 g/mol. The summed E-state index contributed by atoms with van der Waals surface area (Å²) >= 11 is 1.56. The van der Waals surface area contributed by atoms with Crippen LogP contribution in [0.4, 0.5) is 0 Å². The summed E-state index contributed by atoms with van der Waals surface area (Å²) in [4.78, 5) is 10.4. The molecule has 0 radical (unpaired) electrons. The maximum Gasteiger partial charge on any atom is 0.267 e. The van der Waals surface area contributed by atoms with Crippen LogP contribution in [0.1, 0.15) is 36.8 Å². The highest BCUT2D eigenvalue weighted by Crippen LogP contribution is 2.21. The van der Waals surface area contributed by atoms with Crippen molar-refractivity contribution in [3.8, 4) is 10.7 Å². The van der Waals surface area contributed by atoms with E-state index in [0.29, 0.717) is 17.6 Å². The van der Waals surface area contributed by atoms with Crippen LogP contribution in [-0.2, 0) is 11.4 Å². The van der Waals surface area contributed by atoms with E-state index in [0.717, 1.165) is 10.4 Å². The van der Waals surface area contributed by atoms with Crippen LogP contribution < -0.4 is 0 Å². The molecule has 118 valence electrons. The van der Waals surface area contributed by atoms with Crippen molar-refractivity contribution in [3.05, 3.63) is 58.8 Å². The fourth-order valence-corrected chi connectivity index (χ4v) is 2.63. The van der Waals surface area contributed by atoms with Gasteiger partial charge < -0.3 is 9.36 Å². The van der Waals surface area contributed by atoms with E-state index in [1.807, 2.05) is 29.6 Å². The number of thiophene rings is 1. The quantitative estimate of drug-likeness (QED) is 0.495. The van der Waals surface area contributed by atoms with E-state index in [9.17, 15) is 0 Å². The third-order valence-electron chi connectivity index (χ3n) is 3.28. The van der Waals surface area contributed by atoms with Gasteiger partial charge in [0.2, 0.25) is 5.82 Å². The Bertz CT molecular complexity index is 762. The molecule has 0 unspecified atom stereocenters. The lowest BCUT2D eigenvalue weighted by Crippen LogP contribution is -1.90. The highest BCUT2D eigenvalue weighted by molar-refractivity contribution is 7.13. The SMILES string of the molecule is CC(C)c1ccc(/C=N\OCc2nc(-c3cccs3)no2)cc1. The zero-order chi connectivity index (χ0) is 16.1. The van der Waals surface area contributed by atoms with E-state index >= 15 is 0 Å². The lowest BCUT2D eigenvalue weighted by Gasteiger charge is -2.04. The first kappa shape index (κ1) is 15.4. The molecule has 0 aliphatic rings. The van der Waals surface area contributed by atoms with Gasteiger partial charge in [-0.15, -0.1) is 11.3 Å². The molecule has 5 nitrogen and oxygen atoms in total. The Kier molecular flexibility index (Phi) is 4.83. The Labute approximate surface area is 138 Å². The maximum absolute atomic E-state index is 5.21. The lowest BCUT2D eigenvalue weighted by atomic mass is 10.0. The van der Waals surface area contributed by atoms with Crippen molar-refractivity contribution in [2.75, 3.05) is 0 Å². The predicted octanol–water partition coefficient (Wildman–Crippen LogP) is 4.47. The molecule has 1 aromatic carbocycles. The molecule has 0 fully saturated rings. The van der Waals surface area contributed by atoms with Gasteiger partial charge in [-0.05, 0) is 28.5 Å². The van der Waals surface area contributed by atoms with Crippen LogP contribution in [0, 0.1) is 0 Å². The minimum Gasteiger partial charge on any atom is -0.386 e. The van der Waals surface area contributed by atoms with E-state index in [-0.39, 0.29) is 6.61 Å². The molecule has 3 aromatic rings. The maximum atomic E-state index is 5.21. The van der Waals surface area contributed by atoms with Crippen LogP contribution in [0.5, 0.6) is 0 Å². The van der Waals surface area contributed by atoms with Crippen LogP contribution in [0.2, 0.25) is 0 Å². The Hall–Kier alpha value is -2.47. The van der Waals surface area contributed by atoms with Crippen molar-refractivity contribution >= 4 is 17.6 Å². The third kappa shape index (κ3) is 4.04. The molecule has 0 N–H and O–H groups in total. The average molecular weight is 327 g/mol. The summed E-state index contributed by atoms with van der Waals surface area (Å²) in [5.41, 5.74) is 2.29. The number of hydrogen-bond donors (Lipinski definition) is 0. The van der Waals surface area contributed by atoms with Crippen molar-refractivity contribution in [1.82, 2.24) is 10.1 Å². The Balaban J connectivity index is 1.53. The summed E-state index contributed by atoms with van der Waals surface area (Å²) in [5.74, 6) is 1.50. The minimum absolute atomic E-state index is 0.152. The van der Waals surface area contributed by atoms with Gasteiger partial charge in [0, 0.05) is 0 Å². The number of aromatic nitrogens is 2. The third-order valence-corrected chi connectivity index (χ3v) is 4.14. The lowest BCUT2D eigenvalue weighted by molar-refractivity contribution is 0.107. The predicted molar refractivity (Wildman–Crippen MR) is 90.5 cm³/mol. The zero-order valence-corrected chi connectivity index (χ0v) is 13.8. The molecule has 0 aliphatic heterocycles. The second kappa shape index (κ2) is 7.19. The topological polar surface area (TPSA) is 60.5 Å². The van der Waals surface area contributed by atoms with Gasteiger partial charge in [-0.2, -0.15) is 4.98 Å². The summed E-state index contributed by atoms with van der Waals surface area (Å²) < 4.78 is 5.13. The molecule has 0 bridgehead atoms. The molecule has 0 spiro atoms. The smallest absolute Gasteiger partial charge is 0.267 e. The summed E-state index contributed by atoms with van der Waals surface area (Å²) in [7, 11) is 0. The molecule has 2 heterocycles. The van der Waals surface area contributed by atoms with Crippen LogP contribution in [0.3, 0.4) is 0 Å². The fraction of sp³-hybridized carbons (Fsp3) is 0.235. The molecule has 0 atom stereocenters. The van der Waals surface area contributed by atoms with Crippen LogP contribution in [-0.4, -0.2) is 16.4 Å². The molecule has 0 saturated carbocycles. The average Bonchev–Trinajstić information content (AvgIpc) is 3.23. The van der Waals surface area contributed by atoms with E-state index in [1.54, 1.807) is 17.6 Å². The van der Waals surface area contributed by atoms with Gasteiger partial charge in [0.15, 0.2) is 6.61 Å². The van der Waals surface area contributed by atoms with Gasteiger partial charge in [-0.25, -0.2) is 0 Å². The highest BCUT2D eigenvalue weighted by atomic mass is 32.1. The normalized spacial score (nSPS) is 11.4. The van der Waals surface area contributed by atoms with Crippen molar-refractivity contribution in [2.24, 2.45) is 5.16 Å². The first-order valence-corrected chi connectivity index (χ1v) is 8.22. The standard InChI is InChI=1S/C17H17N3O2S/c1-12(2)14-7-5-13(6-8-14)10-18-21-11-16-19-17(20-22-16)15-4-3-9-23-15/h3-10,12H,11H2,1-2H3/b18-10-. The van der Waals surface area contributed by atoms with Crippen LogP contribution in [0.15, 0.2) is 51.5 Å². The number of rotatable bonds is 6. The molecule has 0 aliphatic carbocycles. The second-order valence-electron chi connectivity index (χ2n) is 5.32. The molecule has 2 aromatic heterocycles. The van der Waals surface area contributed by atoms with E-state index in [1.165, 1.54) is 5.56 Å². The van der Waals surface area contributed by atoms with Crippen LogP contribution in [0.25, 0.3) is 10.7 Å². The molecule has 23 heavy (non-hydrogen) atoms. The largest absolute Gasteiger partial charge is 0.386 e. The van der Waals surface area contributed by atoms with E-state index in [2.05, 4.69) is 41.3 Å². The minimum atomic E-state index is 0.152.